The minimum absolute atomic E-state index is 0.165. The first-order chi connectivity index (χ1) is 17.4. The number of unbranched alkanes of at least 4 members (excludes halogenated alkanes) is 1. The molecular formula is C29H46N6O. The Morgan fingerprint density at radius 2 is 1.89 bits per heavy atom. The van der Waals surface area contributed by atoms with Crippen molar-refractivity contribution in [3.8, 4) is 0 Å². The molecule has 2 aliphatic heterocycles. The number of rotatable bonds is 9. The maximum Gasteiger partial charge on any atom is 0.224 e. The number of hydrogen-bond donors (Lipinski definition) is 3. The van der Waals surface area contributed by atoms with E-state index in [4.69, 9.17) is 4.98 Å². The number of piperidine rings is 1. The highest BCUT2D eigenvalue weighted by atomic mass is 16.3. The highest BCUT2D eigenvalue weighted by molar-refractivity contribution is 5.75. The van der Waals surface area contributed by atoms with Crippen LogP contribution < -0.4 is 10.6 Å². The molecule has 0 atom stereocenters. The predicted octanol–water partition coefficient (Wildman–Crippen LogP) is 5.05. The molecule has 1 saturated heterocycles. The first-order valence-corrected chi connectivity index (χ1v) is 14.0. The molecule has 0 unspecified atom stereocenters. The molecule has 1 saturated carbocycles. The number of allylic oxidation sites excluding steroid dienone is 2. The van der Waals surface area contributed by atoms with Crippen LogP contribution in [0, 0.1) is 0 Å². The monoisotopic (exact) mass is 494 g/mol. The fourth-order valence-corrected chi connectivity index (χ4v) is 5.40. The third-order valence-electron chi connectivity index (χ3n) is 7.76. The number of aliphatic hydroxyl groups excluding tert-OH is 1. The molecule has 7 nitrogen and oxygen atoms in total. The van der Waals surface area contributed by atoms with Gasteiger partial charge >= 0.3 is 0 Å². The first kappa shape index (κ1) is 26.7. The molecule has 1 aromatic rings. The number of likely N-dealkylation sites (tertiary alicyclic amines) is 1. The summed E-state index contributed by atoms with van der Waals surface area (Å²) in [7, 11) is 2.16. The molecule has 7 heteroatoms. The van der Waals surface area contributed by atoms with Crippen LogP contribution in [-0.4, -0.2) is 76.3 Å². The van der Waals surface area contributed by atoms with Crippen LogP contribution in [0.4, 0.5) is 11.8 Å². The highest BCUT2D eigenvalue weighted by Crippen LogP contribution is 2.31. The molecule has 0 radical (unpaired) electrons. The minimum atomic E-state index is -0.165. The molecule has 3 N–H and O–H groups in total. The van der Waals surface area contributed by atoms with Gasteiger partial charge in [-0.1, -0.05) is 31.1 Å². The first-order valence-electron chi connectivity index (χ1n) is 14.0. The standard InChI is InChI=1S/C29H46N6O/c1-5-6-15-30-29-31-19-26(28(33-29)32-24-8-10-25(36)11-9-24)27-12-7-23(20-34(27)4)18-22-13-16-35(17-14-22)21(2)3/h7,12,18-19,21,24-25,36H,5-6,8-11,13-17,20H2,1-4H3,(H2,30,31,32,33). The summed E-state index contributed by atoms with van der Waals surface area (Å²) in [6, 6.07) is 0.960. The smallest absolute Gasteiger partial charge is 0.224 e. The van der Waals surface area contributed by atoms with E-state index in [1.54, 1.807) is 5.57 Å². The van der Waals surface area contributed by atoms with Crippen LogP contribution in [0.15, 0.2) is 35.6 Å². The van der Waals surface area contributed by atoms with E-state index in [0.717, 1.165) is 81.8 Å². The topological polar surface area (TPSA) is 76.6 Å². The number of anilines is 2. The van der Waals surface area contributed by atoms with Crippen LogP contribution in [0.25, 0.3) is 5.70 Å². The van der Waals surface area contributed by atoms with Crippen molar-refractivity contribution in [2.24, 2.45) is 0 Å². The Labute approximate surface area is 217 Å². The molecule has 0 aromatic carbocycles. The summed E-state index contributed by atoms with van der Waals surface area (Å²) in [6.07, 6.45) is 16.9. The van der Waals surface area contributed by atoms with E-state index >= 15 is 0 Å². The van der Waals surface area contributed by atoms with Crippen molar-refractivity contribution in [3.05, 3.63) is 41.1 Å². The number of nitrogens with zero attached hydrogens (tertiary/aromatic N) is 4. The van der Waals surface area contributed by atoms with Gasteiger partial charge in [-0.25, -0.2) is 4.98 Å². The quantitative estimate of drug-likeness (QED) is 0.415. The van der Waals surface area contributed by atoms with E-state index in [1.165, 1.54) is 18.4 Å². The third kappa shape index (κ3) is 7.10. The molecule has 0 spiro atoms. The second-order valence-corrected chi connectivity index (χ2v) is 11.0. The zero-order chi connectivity index (χ0) is 25.5. The molecule has 3 aliphatic rings. The molecule has 198 valence electrons. The molecule has 2 fully saturated rings. The van der Waals surface area contributed by atoms with Crippen molar-refractivity contribution < 1.29 is 5.11 Å². The summed E-state index contributed by atoms with van der Waals surface area (Å²) in [4.78, 5) is 14.4. The van der Waals surface area contributed by atoms with Crippen molar-refractivity contribution in [2.75, 3.05) is 43.9 Å². The SMILES string of the molecule is CCCCNc1ncc(C2=CC=C(C=C3CCN(C(C)C)CC3)CN2C)c(NC2CCC(O)CC2)n1. The van der Waals surface area contributed by atoms with Crippen LogP contribution in [0.5, 0.6) is 0 Å². The second-order valence-electron chi connectivity index (χ2n) is 11.0. The minimum Gasteiger partial charge on any atom is -0.393 e. The lowest BCUT2D eigenvalue weighted by Gasteiger charge is -2.32. The fraction of sp³-hybridized carbons (Fsp3) is 0.655. The van der Waals surface area contributed by atoms with Gasteiger partial charge in [-0.3, -0.25) is 0 Å². The fourth-order valence-electron chi connectivity index (χ4n) is 5.40. The Hall–Kier alpha value is -2.38. The summed E-state index contributed by atoms with van der Waals surface area (Å²) in [5.74, 6) is 1.57. The predicted molar refractivity (Wildman–Crippen MR) is 150 cm³/mol. The second kappa shape index (κ2) is 12.7. The van der Waals surface area contributed by atoms with Crippen LogP contribution in [0.2, 0.25) is 0 Å². The Balaban J connectivity index is 1.52. The van der Waals surface area contributed by atoms with Crippen molar-refractivity contribution in [1.29, 1.82) is 0 Å². The zero-order valence-corrected chi connectivity index (χ0v) is 22.8. The van der Waals surface area contributed by atoms with E-state index in [-0.39, 0.29) is 6.10 Å². The van der Waals surface area contributed by atoms with Gasteiger partial charge < -0.3 is 25.5 Å². The van der Waals surface area contributed by atoms with Crippen LogP contribution >= 0.6 is 0 Å². The van der Waals surface area contributed by atoms with E-state index < -0.39 is 0 Å². The summed E-state index contributed by atoms with van der Waals surface area (Å²) in [6.45, 7) is 10.9. The molecule has 1 aliphatic carbocycles. The molecule has 4 rings (SSSR count). The van der Waals surface area contributed by atoms with Gasteiger partial charge in [0.25, 0.3) is 0 Å². The van der Waals surface area contributed by atoms with Crippen molar-refractivity contribution in [1.82, 2.24) is 19.8 Å². The van der Waals surface area contributed by atoms with Gasteiger partial charge in [-0.15, -0.1) is 0 Å². The normalized spacial score (nSPS) is 23.4. The van der Waals surface area contributed by atoms with Gasteiger partial charge in [0.15, 0.2) is 0 Å². The highest BCUT2D eigenvalue weighted by Gasteiger charge is 2.24. The van der Waals surface area contributed by atoms with E-state index in [0.29, 0.717) is 18.0 Å². The molecule has 0 amide bonds. The number of aliphatic hydroxyl groups is 1. The summed E-state index contributed by atoms with van der Waals surface area (Å²) in [5.41, 5.74) is 5.11. The number of hydrogen-bond acceptors (Lipinski definition) is 7. The molecule has 3 heterocycles. The molecule has 36 heavy (non-hydrogen) atoms. The van der Waals surface area contributed by atoms with Gasteiger partial charge in [0, 0.05) is 57.2 Å². The number of likely N-dealkylation sites (N-methyl/N-ethyl adjacent to an activating group) is 1. The lowest BCUT2D eigenvalue weighted by atomic mass is 9.93. The number of aromatic nitrogens is 2. The third-order valence-corrected chi connectivity index (χ3v) is 7.76. The zero-order valence-electron chi connectivity index (χ0n) is 22.8. The molecular weight excluding hydrogens is 448 g/mol. The van der Waals surface area contributed by atoms with Crippen LogP contribution in [-0.2, 0) is 0 Å². The van der Waals surface area contributed by atoms with Crippen molar-refractivity contribution >= 4 is 17.5 Å². The Morgan fingerprint density at radius 3 is 2.56 bits per heavy atom. The largest absolute Gasteiger partial charge is 0.393 e. The Bertz CT molecular complexity index is 951. The van der Waals surface area contributed by atoms with Crippen molar-refractivity contribution in [2.45, 2.75) is 90.3 Å². The van der Waals surface area contributed by atoms with Gasteiger partial charge in [0.2, 0.25) is 5.95 Å². The maximum absolute atomic E-state index is 9.94. The van der Waals surface area contributed by atoms with Gasteiger partial charge in [0.05, 0.1) is 11.7 Å². The molecule has 0 bridgehead atoms. The Morgan fingerprint density at radius 1 is 1.14 bits per heavy atom. The van der Waals surface area contributed by atoms with E-state index in [1.807, 2.05) is 6.20 Å². The lowest BCUT2D eigenvalue weighted by molar-refractivity contribution is 0.126. The summed E-state index contributed by atoms with van der Waals surface area (Å²) >= 11 is 0. The number of nitrogens with one attached hydrogen (secondary N) is 2. The van der Waals surface area contributed by atoms with Gasteiger partial charge in [-0.2, -0.15) is 4.98 Å². The lowest BCUT2D eigenvalue weighted by Crippen LogP contribution is -2.36. The maximum atomic E-state index is 9.94. The van der Waals surface area contributed by atoms with Crippen LogP contribution in [0.1, 0.15) is 77.7 Å². The summed E-state index contributed by atoms with van der Waals surface area (Å²) < 4.78 is 0. The Kier molecular flexibility index (Phi) is 9.43. The molecule has 1 aromatic heterocycles. The van der Waals surface area contributed by atoms with Gasteiger partial charge in [-0.05, 0) is 70.4 Å². The average molecular weight is 495 g/mol. The van der Waals surface area contributed by atoms with Crippen molar-refractivity contribution in [3.63, 3.8) is 0 Å². The van der Waals surface area contributed by atoms with E-state index in [9.17, 15) is 5.11 Å². The van der Waals surface area contributed by atoms with Gasteiger partial charge in [0.1, 0.15) is 5.82 Å². The van der Waals surface area contributed by atoms with Crippen LogP contribution in [0.3, 0.4) is 0 Å². The average Bonchev–Trinajstić information content (AvgIpc) is 2.87. The summed E-state index contributed by atoms with van der Waals surface area (Å²) in [5, 5.41) is 17.0. The van der Waals surface area contributed by atoms with E-state index in [2.05, 4.69) is 71.5 Å².